The maximum atomic E-state index is 13.2. The minimum Gasteiger partial charge on any atom is -0.321 e. The van der Waals surface area contributed by atoms with E-state index < -0.39 is 11.7 Å². The second-order valence-electron chi connectivity index (χ2n) is 3.74. The first kappa shape index (κ1) is 14.5. The van der Waals surface area contributed by atoms with Crippen molar-refractivity contribution in [2.75, 3.05) is 5.32 Å². The lowest BCUT2D eigenvalue weighted by Gasteiger charge is -2.08. The summed E-state index contributed by atoms with van der Waals surface area (Å²) in [4.78, 5) is 12.0. The van der Waals surface area contributed by atoms with Crippen LogP contribution >= 0.6 is 43.5 Å². The molecule has 2 nitrogen and oxygen atoms in total. The van der Waals surface area contributed by atoms with Crippen LogP contribution in [0, 0.1) is 5.82 Å². The molecule has 0 aliphatic rings. The highest BCUT2D eigenvalue weighted by Gasteiger charge is 2.10. The van der Waals surface area contributed by atoms with Gasteiger partial charge in [0.25, 0.3) is 5.91 Å². The van der Waals surface area contributed by atoms with Gasteiger partial charge in [-0.05, 0) is 52.3 Å². The molecule has 0 radical (unpaired) electrons. The predicted molar refractivity (Wildman–Crippen MR) is 81.2 cm³/mol. The van der Waals surface area contributed by atoms with Gasteiger partial charge in [-0.25, -0.2) is 4.39 Å². The van der Waals surface area contributed by atoms with Gasteiger partial charge in [-0.3, -0.25) is 4.79 Å². The van der Waals surface area contributed by atoms with Crippen molar-refractivity contribution in [3.63, 3.8) is 0 Å². The highest BCUT2D eigenvalue weighted by molar-refractivity contribution is 9.10. The van der Waals surface area contributed by atoms with Crippen LogP contribution in [-0.4, -0.2) is 5.91 Å². The lowest BCUT2D eigenvalue weighted by molar-refractivity contribution is 0.102. The molecule has 2 rings (SSSR count). The van der Waals surface area contributed by atoms with Crippen molar-refractivity contribution in [3.8, 4) is 0 Å². The number of hydrogen-bond donors (Lipinski definition) is 1. The van der Waals surface area contributed by atoms with E-state index in [0.29, 0.717) is 19.7 Å². The van der Waals surface area contributed by atoms with E-state index in [-0.39, 0.29) is 5.56 Å². The summed E-state index contributed by atoms with van der Waals surface area (Å²) >= 11 is 12.3. The SMILES string of the molecule is O=C(Nc1ccc(Cl)cc1Br)c1cc(F)cc(Br)c1. The second kappa shape index (κ2) is 6.03. The number of rotatable bonds is 2. The average molecular weight is 407 g/mol. The summed E-state index contributed by atoms with van der Waals surface area (Å²) in [6, 6.07) is 8.99. The first-order valence-corrected chi connectivity index (χ1v) is 7.14. The molecule has 1 N–H and O–H groups in total. The van der Waals surface area contributed by atoms with Crippen LogP contribution in [0.2, 0.25) is 5.02 Å². The van der Waals surface area contributed by atoms with Gasteiger partial charge in [-0.2, -0.15) is 0 Å². The summed E-state index contributed by atoms with van der Waals surface area (Å²) in [6.45, 7) is 0. The van der Waals surface area contributed by atoms with Gasteiger partial charge in [0.1, 0.15) is 5.82 Å². The molecular formula is C13H7Br2ClFNO. The van der Waals surface area contributed by atoms with E-state index in [2.05, 4.69) is 37.2 Å². The molecule has 0 fully saturated rings. The largest absolute Gasteiger partial charge is 0.321 e. The molecule has 2 aromatic carbocycles. The van der Waals surface area contributed by atoms with Gasteiger partial charge in [0.2, 0.25) is 0 Å². The lowest BCUT2D eigenvalue weighted by Crippen LogP contribution is -2.12. The van der Waals surface area contributed by atoms with Crippen LogP contribution in [0.4, 0.5) is 10.1 Å². The smallest absolute Gasteiger partial charge is 0.255 e. The summed E-state index contributed by atoms with van der Waals surface area (Å²) in [6.07, 6.45) is 0. The highest BCUT2D eigenvalue weighted by Crippen LogP contribution is 2.26. The molecule has 0 spiro atoms. The average Bonchev–Trinajstić information content (AvgIpc) is 2.31. The van der Waals surface area contributed by atoms with Gasteiger partial charge in [0.05, 0.1) is 5.69 Å². The Morgan fingerprint density at radius 1 is 1.16 bits per heavy atom. The van der Waals surface area contributed by atoms with Crippen molar-refractivity contribution in [1.82, 2.24) is 0 Å². The number of anilines is 1. The van der Waals surface area contributed by atoms with Gasteiger partial charge in [-0.15, -0.1) is 0 Å². The van der Waals surface area contributed by atoms with Crippen LogP contribution in [-0.2, 0) is 0 Å². The molecule has 0 aliphatic heterocycles. The van der Waals surface area contributed by atoms with Gasteiger partial charge in [0.15, 0.2) is 0 Å². The van der Waals surface area contributed by atoms with Gasteiger partial charge < -0.3 is 5.32 Å². The summed E-state index contributed by atoms with van der Waals surface area (Å²) in [5.74, 6) is -0.877. The van der Waals surface area contributed by atoms with Crippen molar-refractivity contribution in [3.05, 3.63) is 61.7 Å². The fourth-order valence-electron chi connectivity index (χ4n) is 1.47. The normalized spacial score (nSPS) is 10.3. The first-order chi connectivity index (χ1) is 8.95. The quantitative estimate of drug-likeness (QED) is 0.723. The van der Waals surface area contributed by atoms with Crippen molar-refractivity contribution in [1.29, 1.82) is 0 Å². The van der Waals surface area contributed by atoms with Crippen LogP contribution in [0.15, 0.2) is 45.3 Å². The number of nitrogens with one attached hydrogen (secondary N) is 1. The Balaban J connectivity index is 2.25. The Labute approximate surface area is 131 Å². The highest BCUT2D eigenvalue weighted by atomic mass is 79.9. The van der Waals surface area contributed by atoms with E-state index in [1.165, 1.54) is 12.1 Å². The molecular weight excluding hydrogens is 400 g/mol. The molecule has 0 saturated heterocycles. The fourth-order valence-corrected chi connectivity index (χ4v) is 2.72. The second-order valence-corrected chi connectivity index (χ2v) is 5.94. The van der Waals surface area contributed by atoms with Crippen LogP contribution in [0.1, 0.15) is 10.4 Å². The third-order valence-corrected chi connectivity index (χ3v) is 3.65. The van der Waals surface area contributed by atoms with Crippen LogP contribution in [0.25, 0.3) is 0 Å². The number of carbonyl (C=O) groups excluding carboxylic acids is 1. The molecule has 2 aromatic rings. The van der Waals surface area contributed by atoms with Crippen LogP contribution in [0.5, 0.6) is 0 Å². The number of halogens is 4. The van der Waals surface area contributed by atoms with Gasteiger partial charge >= 0.3 is 0 Å². The monoisotopic (exact) mass is 405 g/mol. The van der Waals surface area contributed by atoms with Gasteiger partial charge in [-0.1, -0.05) is 27.5 Å². The zero-order valence-electron chi connectivity index (χ0n) is 9.38. The number of benzene rings is 2. The zero-order chi connectivity index (χ0) is 14.0. The Morgan fingerprint density at radius 2 is 1.89 bits per heavy atom. The molecule has 0 bridgehead atoms. The van der Waals surface area contributed by atoms with E-state index in [4.69, 9.17) is 11.6 Å². The Morgan fingerprint density at radius 3 is 2.53 bits per heavy atom. The standard InChI is InChI=1S/C13H7Br2ClFNO/c14-8-3-7(4-10(17)5-8)13(19)18-12-2-1-9(16)6-11(12)15/h1-6H,(H,18,19). The molecule has 19 heavy (non-hydrogen) atoms. The molecule has 0 atom stereocenters. The first-order valence-electron chi connectivity index (χ1n) is 5.18. The number of hydrogen-bond acceptors (Lipinski definition) is 1. The minimum absolute atomic E-state index is 0.230. The molecule has 0 heterocycles. The lowest BCUT2D eigenvalue weighted by atomic mass is 10.2. The van der Waals surface area contributed by atoms with Crippen molar-refractivity contribution >= 4 is 55.1 Å². The van der Waals surface area contributed by atoms with Crippen molar-refractivity contribution < 1.29 is 9.18 Å². The summed E-state index contributed by atoms with van der Waals surface area (Å²) < 4.78 is 14.4. The minimum atomic E-state index is -0.477. The Kier molecular flexibility index (Phi) is 4.60. The Hall–Kier alpha value is -0.910. The van der Waals surface area contributed by atoms with Gasteiger partial charge in [0, 0.05) is 19.5 Å². The summed E-state index contributed by atoms with van der Waals surface area (Å²) in [5, 5.41) is 3.23. The summed E-state index contributed by atoms with van der Waals surface area (Å²) in [7, 11) is 0. The van der Waals surface area contributed by atoms with E-state index in [0.717, 1.165) is 0 Å². The molecule has 0 saturated carbocycles. The molecule has 6 heteroatoms. The van der Waals surface area contributed by atoms with Crippen LogP contribution < -0.4 is 5.32 Å². The van der Waals surface area contributed by atoms with Crippen LogP contribution in [0.3, 0.4) is 0 Å². The van der Waals surface area contributed by atoms with E-state index in [9.17, 15) is 9.18 Å². The zero-order valence-corrected chi connectivity index (χ0v) is 13.3. The molecule has 98 valence electrons. The number of amides is 1. The van der Waals surface area contributed by atoms with Crippen molar-refractivity contribution in [2.45, 2.75) is 0 Å². The molecule has 0 unspecified atom stereocenters. The molecule has 0 aromatic heterocycles. The van der Waals surface area contributed by atoms with E-state index in [1.807, 2.05) is 0 Å². The molecule has 1 amide bonds. The third kappa shape index (κ3) is 3.78. The number of carbonyl (C=O) groups is 1. The maximum absolute atomic E-state index is 13.2. The predicted octanol–water partition coefficient (Wildman–Crippen LogP) is 5.26. The third-order valence-electron chi connectivity index (χ3n) is 2.30. The Bertz CT molecular complexity index is 628. The fraction of sp³-hybridized carbons (Fsp3) is 0. The summed E-state index contributed by atoms with van der Waals surface area (Å²) in [5.41, 5.74) is 0.795. The topological polar surface area (TPSA) is 29.1 Å². The van der Waals surface area contributed by atoms with E-state index in [1.54, 1.807) is 24.3 Å². The molecule has 0 aliphatic carbocycles. The van der Waals surface area contributed by atoms with Crippen molar-refractivity contribution in [2.24, 2.45) is 0 Å². The maximum Gasteiger partial charge on any atom is 0.255 e. The van der Waals surface area contributed by atoms with E-state index >= 15 is 0 Å².